The second-order valence-corrected chi connectivity index (χ2v) is 7.85. The Kier molecular flexibility index (Phi) is 4.21. The minimum Gasteiger partial charge on any atom is -0.347 e. The molecule has 1 aromatic carbocycles. The third kappa shape index (κ3) is 3.14. The molecule has 0 spiro atoms. The number of benzene rings is 1. The van der Waals surface area contributed by atoms with Crippen LogP contribution in [0.1, 0.15) is 29.5 Å². The number of sulfone groups is 1. The van der Waals surface area contributed by atoms with Gasteiger partial charge in [0.15, 0.2) is 9.84 Å². The van der Waals surface area contributed by atoms with Crippen molar-refractivity contribution in [3.63, 3.8) is 0 Å². The number of rotatable bonds is 4. The van der Waals surface area contributed by atoms with Crippen LogP contribution in [0.5, 0.6) is 0 Å². The van der Waals surface area contributed by atoms with E-state index in [1.54, 1.807) is 31.3 Å². The number of hydrogen-bond acceptors (Lipinski definition) is 4. The van der Waals surface area contributed by atoms with E-state index in [0.29, 0.717) is 6.54 Å². The van der Waals surface area contributed by atoms with Gasteiger partial charge in [0.2, 0.25) is 0 Å². The Morgan fingerprint density at radius 2 is 2.17 bits per heavy atom. The highest BCUT2D eigenvalue weighted by Gasteiger charge is 2.24. The number of carbonyl (C=O) groups is 1. The zero-order valence-corrected chi connectivity index (χ0v) is 13.7. The van der Waals surface area contributed by atoms with E-state index in [1.807, 2.05) is 10.8 Å². The molecule has 0 saturated heterocycles. The standard InChI is InChI=1S/C16H19N3O3S/c1-2-23(21,22)14-6-4-3-5-13(14)16(20)18-12-7-8-15-17-9-10-19(15)11-12/h3-6,9-10,12H,2,7-8,11H2,1H3,(H,18,20). The van der Waals surface area contributed by atoms with E-state index < -0.39 is 9.84 Å². The number of amides is 1. The largest absolute Gasteiger partial charge is 0.347 e. The summed E-state index contributed by atoms with van der Waals surface area (Å²) in [4.78, 5) is 16.9. The van der Waals surface area contributed by atoms with Crippen LogP contribution in [0.15, 0.2) is 41.6 Å². The van der Waals surface area contributed by atoms with Gasteiger partial charge in [-0.15, -0.1) is 0 Å². The van der Waals surface area contributed by atoms with E-state index in [4.69, 9.17) is 0 Å². The fraction of sp³-hybridized carbons (Fsp3) is 0.375. The molecular formula is C16H19N3O3S. The van der Waals surface area contributed by atoms with Crippen molar-refractivity contribution in [3.05, 3.63) is 48.0 Å². The molecule has 6 nitrogen and oxygen atoms in total. The van der Waals surface area contributed by atoms with E-state index in [-0.39, 0.29) is 28.2 Å². The van der Waals surface area contributed by atoms with Crippen molar-refractivity contribution in [1.82, 2.24) is 14.9 Å². The summed E-state index contributed by atoms with van der Waals surface area (Å²) < 4.78 is 26.3. The summed E-state index contributed by atoms with van der Waals surface area (Å²) in [6.45, 7) is 2.23. The number of carbonyl (C=O) groups excluding carboxylic acids is 1. The number of nitrogens with zero attached hydrogens (tertiary/aromatic N) is 2. The lowest BCUT2D eigenvalue weighted by molar-refractivity contribution is 0.0924. The Morgan fingerprint density at radius 3 is 2.96 bits per heavy atom. The van der Waals surface area contributed by atoms with Crippen molar-refractivity contribution < 1.29 is 13.2 Å². The Balaban J connectivity index is 1.80. The summed E-state index contributed by atoms with van der Waals surface area (Å²) in [7, 11) is -3.43. The summed E-state index contributed by atoms with van der Waals surface area (Å²) in [6, 6.07) is 6.34. The van der Waals surface area contributed by atoms with Gasteiger partial charge in [0.1, 0.15) is 5.82 Å². The maximum Gasteiger partial charge on any atom is 0.252 e. The van der Waals surface area contributed by atoms with Crippen LogP contribution in [0.2, 0.25) is 0 Å². The molecule has 0 saturated carbocycles. The van der Waals surface area contributed by atoms with E-state index in [9.17, 15) is 13.2 Å². The van der Waals surface area contributed by atoms with Gasteiger partial charge in [0.05, 0.1) is 16.2 Å². The first-order valence-corrected chi connectivity index (χ1v) is 9.29. The molecule has 122 valence electrons. The van der Waals surface area contributed by atoms with Crippen molar-refractivity contribution in [2.45, 2.75) is 37.2 Å². The number of aryl methyl sites for hydroxylation is 1. The zero-order valence-electron chi connectivity index (χ0n) is 12.9. The minimum atomic E-state index is -3.43. The molecule has 1 aliphatic heterocycles. The summed E-state index contributed by atoms with van der Waals surface area (Å²) in [6.07, 6.45) is 5.24. The topological polar surface area (TPSA) is 81.1 Å². The van der Waals surface area contributed by atoms with Gasteiger partial charge in [-0.2, -0.15) is 0 Å². The van der Waals surface area contributed by atoms with Gasteiger partial charge in [-0.1, -0.05) is 19.1 Å². The molecule has 2 aromatic rings. The van der Waals surface area contributed by atoms with Crippen LogP contribution in [0, 0.1) is 0 Å². The van der Waals surface area contributed by atoms with Crippen LogP contribution in [-0.2, 0) is 22.8 Å². The minimum absolute atomic E-state index is 0.0263. The highest BCUT2D eigenvalue weighted by atomic mass is 32.2. The summed E-state index contributed by atoms with van der Waals surface area (Å²) in [5.41, 5.74) is 0.214. The first kappa shape index (κ1) is 15.7. The normalized spacial score (nSPS) is 17.5. The molecule has 0 radical (unpaired) electrons. The molecule has 23 heavy (non-hydrogen) atoms. The fourth-order valence-electron chi connectivity index (χ4n) is 2.83. The number of aromatic nitrogens is 2. The molecular weight excluding hydrogens is 314 g/mol. The maximum atomic E-state index is 12.5. The number of fused-ring (bicyclic) bond motifs is 1. The van der Waals surface area contributed by atoms with Gasteiger partial charge in [-0.3, -0.25) is 4.79 Å². The molecule has 3 rings (SSSR count). The first-order valence-electron chi connectivity index (χ1n) is 7.64. The molecule has 1 aromatic heterocycles. The summed E-state index contributed by atoms with van der Waals surface area (Å²) in [5, 5.41) is 2.95. The van der Waals surface area contributed by atoms with E-state index in [0.717, 1.165) is 18.7 Å². The smallest absolute Gasteiger partial charge is 0.252 e. The van der Waals surface area contributed by atoms with Gasteiger partial charge in [-0.25, -0.2) is 13.4 Å². The van der Waals surface area contributed by atoms with Gasteiger partial charge in [0.25, 0.3) is 5.91 Å². The van der Waals surface area contributed by atoms with Crippen molar-refractivity contribution in [2.75, 3.05) is 5.75 Å². The SMILES string of the molecule is CCS(=O)(=O)c1ccccc1C(=O)NC1CCc2nccn2C1. The Bertz CT molecular complexity index is 827. The highest BCUT2D eigenvalue weighted by Crippen LogP contribution is 2.18. The van der Waals surface area contributed by atoms with Crippen LogP contribution in [-0.4, -0.2) is 35.7 Å². The number of hydrogen-bond donors (Lipinski definition) is 1. The van der Waals surface area contributed by atoms with Crippen LogP contribution in [0.4, 0.5) is 0 Å². The number of nitrogens with one attached hydrogen (secondary N) is 1. The molecule has 1 amide bonds. The summed E-state index contributed by atoms with van der Waals surface area (Å²) in [5.74, 6) is 0.648. The molecule has 0 fully saturated rings. The molecule has 0 aliphatic carbocycles. The second-order valence-electron chi connectivity index (χ2n) is 5.60. The van der Waals surface area contributed by atoms with Gasteiger partial charge in [0, 0.05) is 31.4 Å². The Morgan fingerprint density at radius 1 is 1.39 bits per heavy atom. The maximum absolute atomic E-state index is 12.5. The third-order valence-corrected chi connectivity index (χ3v) is 5.90. The molecule has 1 atom stereocenters. The van der Waals surface area contributed by atoms with E-state index in [1.165, 1.54) is 6.07 Å². The Labute approximate surface area is 135 Å². The molecule has 1 unspecified atom stereocenters. The predicted molar refractivity (Wildman–Crippen MR) is 86.0 cm³/mol. The molecule has 0 bridgehead atoms. The monoisotopic (exact) mass is 333 g/mol. The summed E-state index contributed by atoms with van der Waals surface area (Å²) >= 11 is 0. The van der Waals surface area contributed by atoms with Gasteiger partial charge < -0.3 is 9.88 Å². The lowest BCUT2D eigenvalue weighted by Gasteiger charge is -2.25. The molecule has 2 heterocycles. The zero-order chi connectivity index (χ0) is 16.4. The van der Waals surface area contributed by atoms with Crippen molar-refractivity contribution in [3.8, 4) is 0 Å². The third-order valence-electron chi connectivity index (χ3n) is 4.12. The Hall–Kier alpha value is -2.15. The lowest BCUT2D eigenvalue weighted by Crippen LogP contribution is -2.41. The fourth-order valence-corrected chi connectivity index (χ4v) is 3.92. The lowest BCUT2D eigenvalue weighted by atomic mass is 10.1. The predicted octanol–water partition coefficient (Wildman–Crippen LogP) is 1.42. The molecule has 1 N–H and O–H groups in total. The van der Waals surface area contributed by atoms with Crippen LogP contribution < -0.4 is 5.32 Å². The average molecular weight is 333 g/mol. The average Bonchev–Trinajstić information content (AvgIpc) is 3.02. The highest BCUT2D eigenvalue weighted by molar-refractivity contribution is 7.91. The van der Waals surface area contributed by atoms with Crippen molar-refractivity contribution in [1.29, 1.82) is 0 Å². The first-order chi connectivity index (χ1) is 11.0. The molecule has 1 aliphatic rings. The van der Waals surface area contributed by atoms with Crippen molar-refractivity contribution in [2.24, 2.45) is 0 Å². The van der Waals surface area contributed by atoms with Crippen LogP contribution >= 0.6 is 0 Å². The molecule has 7 heteroatoms. The van der Waals surface area contributed by atoms with Gasteiger partial charge in [-0.05, 0) is 18.6 Å². The second kappa shape index (κ2) is 6.16. The van der Waals surface area contributed by atoms with Gasteiger partial charge >= 0.3 is 0 Å². The van der Waals surface area contributed by atoms with E-state index in [2.05, 4.69) is 10.3 Å². The van der Waals surface area contributed by atoms with Crippen molar-refractivity contribution >= 4 is 15.7 Å². The van der Waals surface area contributed by atoms with Crippen LogP contribution in [0.25, 0.3) is 0 Å². The van der Waals surface area contributed by atoms with Crippen LogP contribution in [0.3, 0.4) is 0 Å². The quantitative estimate of drug-likeness (QED) is 0.917. The van der Waals surface area contributed by atoms with E-state index >= 15 is 0 Å². The number of imidazole rings is 1.